The second-order valence-corrected chi connectivity index (χ2v) is 4.37. The van der Waals surface area contributed by atoms with Gasteiger partial charge in [0.2, 0.25) is 0 Å². The predicted octanol–water partition coefficient (Wildman–Crippen LogP) is 0.884. The maximum absolute atomic E-state index is 11.9. The topological polar surface area (TPSA) is 67.8 Å². The van der Waals surface area contributed by atoms with E-state index < -0.39 is 0 Å². The van der Waals surface area contributed by atoms with E-state index in [1.54, 1.807) is 18.6 Å². The van der Waals surface area contributed by atoms with E-state index in [1.165, 1.54) is 18.4 Å². The first-order chi connectivity index (χ1) is 8.22. The standard InChI is InChI=1S/C11H17NO4S/c1-15-7-8(3-5-13)12-11(14)10-9(16-2)4-6-17-10/h4,6,8,13H,3,5,7H2,1-2H3,(H,12,14). The van der Waals surface area contributed by atoms with Crippen molar-refractivity contribution < 1.29 is 19.4 Å². The Labute approximate surface area is 104 Å². The number of hydrogen-bond acceptors (Lipinski definition) is 5. The van der Waals surface area contributed by atoms with Gasteiger partial charge in [-0.2, -0.15) is 0 Å². The molecule has 96 valence electrons. The van der Waals surface area contributed by atoms with Crippen molar-refractivity contribution in [3.8, 4) is 5.75 Å². The molecular formula is C11H17NO4S. The average molecular weight is 259 g/mol. The molecule has 0 radical (unpaired) electrons. The Bertz CT molecular complexity index is 347. The molecule has 2 N–H and O–H groups in total. The van der Waals surface area contributed by atoms with Crippen LogP contribution in [0.25, 0.3) is 0 Å². The van der Waals surface area contributed by atoms with Crippen molar-refractivity contribution in [2.45, 2.75) is 12.5 Å². The molecule has 1 unspecified atom stereocenters. The molecule has 17 heavy (non-hydrogen) atoms. The number of nitrogens with one attached hydrogen (secondary N) is 1. The van der Waals surface area contributed by atoms with Crippen LogP contribution in [-0.2, 0) is 4.74 Å². The Morgan fingerprint density at radius 2 is 2.35 bits per heavy atom. The third-order valence-corrected chi connectivity index (χ3v) is 3.13. The van der Waals surface area contributed by atoms with E-state index in [9.17, 15) is 4.79 Å². The summed E-state index contributed by atoms with van der Waals surface area (Å²) in [6, 6.07) is 1.56. The molecule has 1 aromatic rings. The number of aliphatic hydroxyl groups excluding tert-OH is 1. The zero-order chi connectivity index (χ0) is 12.7. The van der Waals surface area contributed by atoms with Gasteiger partial charge in [0.25, 0.3) is 5.91 Å². The molecule has 1 heterocycles. The summed E-state index contributed by atoms with van der Waals surface area (Å²) in [4.78, 5) is 12.5. The van der Waals surface area contributed by atoms with Gasteiger partial charge in [0, 0.05) is 13.7 Å². The third-order valence-electron chi connectivity index (χ3n) is 2.24. The van der Waals surface area contributed by atoms with Gasteiger partial charge in [-0.05, 0) is 17.9 Å². The van der Waals surface area contributed by atoms with Crippen molar-refractivity contribution in [3.05, 3.63) is 16.3 Å². The van der Waals surface area contributed by atoms with E-state index >= 15 is 0 Å². The lowest BCUT2D eigenvalue weighted by atomic mass is 10.2. The zero-order valence-corrected chi connectivity index (χ0v) is 10.8. The minimum Gasteiger partial charge on any atom is -0.495 e. The smallest absolute Gasteiger partial charge is 0.265 e. The van der Waals surface area contributed by atoms with E-state index in [-0.39, 0.29) is 18.6 Å². The maximum atomic E-state index is 11.9. The molecule has 5 nitrogen and oxygen atoms in total. The van der Waals surface area contributed by atoms with Gasteiger partial charge in [0.15, 0.2) is 0 Å². The highest BCUT2D eigenvalue weighted by Gasteiger charge is 2.17. The fourth-order valence-corrected chi connectivity index (χ4v) is 2.19. The van der Waals surface area contributed by atoms with Crippen LogP contribution in [0.4, 0.5) is 0 Å². The minimum atomic E-state index is -0.202. The normalized spacial score (nSPS) is 12.2. The number of carbonyl (C=O) groups is 1. The van der Waals surface area contributed by atoms with Gasteiger partial charge >= 0.3 is 0 Å². The molecule has 1 rings (SSSR count). The molecule has 0 spiro atoms. The number of hydrogen-bond donors (Lipinski definition) is 2. The lowest BCUT2D eigenvalue weighted by Gasteiger charge is -2.16. The maximum Gasteiger partial charge on any atom is 0.265 e. The van der Waals surface area contributed by atoms with Crippen LogP contribution in [0.15, 0.2) is 11.4 Å². The number of amides is 1. The Balaban J connectivity index is 2.63. The monoisotopic (exact) mass is 259 g/mol. The highest BCUT2D eigenvalue weighted by Crippen LogP contribution is 2.24. The fourth-order valence-electron chi connectivity index (χ4n) is 1.43. The van der Waals surface area contributed by atoms with Crippen LogP contribution >= 0.6 is 11.3 Å². The molecular weight excluding hydrogens is 242 g/mol. The Morgan fingerprint density at radius 3 is 2.94 bits per heavy atom. The zero-order valence-electron chi connectivity index (χ0n) is 9.93. The number of rotatable bonds is 7. The highest BCUT2D eigenvalue weighted by atomic mass is 32.1. The number of aliphatic hydroxyl groups is 1. The van der Waals surface area contributed by atoms with Crippen LogP contribution in [0.3, 0.4) is 0 Å². The largest absolute Gasteiger partial charge is 0.495 e. The first-order valence-corrected chi connectivity index (χ1v) is 6.13. The van der Waals surface area contributed by atoms with Gasteiger partial charge in [-0.1, -0.05) is 0 Å². The van der Waals surface area contributed by atoms with Gasteiger partial charge < -0.3 is 19.9 Å². The Hall–Kier alpha value is -1.11. The Kier molecular flexibility index (Phi) is 5.96. The average Bonchev–Trinajstić information content (AvgIpc) is 2.77. The van der Waals surface area contributed by atoms with Crippen molar-refractivity contribution in [1.29, 1.82) is 0 Å². The van der Waals surface area contributed by atoms with Crippen LogP contribution in [0.2, 0.25) is 0 Å². The van der Waals surface area contributed by atoms with Gasteiger partial charge in [-0.25, -0.2) is 0 Å². The summed E-state index contributed by atoms with van der Waals surface area (Å²) in [6.45, 7) is 0.385. The van der Waals surface area contributed by atoms with Crippen molar-refractivity contribution >= 4 is 17.2 Å². The van der Waals surface area contributed by atoms with Crippen molar-refractivity contribution in [2.75, 3.05) is 27.4 Å². The first kappa shape index (κ1) is 14.0. The predicted molar refractivity (Wildman–Crippen MR) is 65.7 cm³/mol. The van der Waals surface area contributed by atoms with Crippen LogP contribution < -0.4 is 10.1 Å². The fraction of sp³-hybridized carbons (Fsp3) is 0.545. The molecule has 0 saturated carbocycles. The molecule has 1 aromatic heterocycles. The van der Waals surface area contributed by atoms with Crippen molar-refractivity contribution in [2.24, 2.45) is 0 Å². The SMILES string of the molecule is COCC(CCO)NC(=O)c1sccc1OC. The summed E-state index contributed by atoms with van der Waals surface area (Å²) in [5.41, 5.74) is 0. The molecule has 0 bridgehead atoms. The quantitative estimate of drug-likeness (QED) is 0.763. The van der Waals surface area contributed by atoms with Gasteiger partial charge in [0.05, 0.1) is 19.8 Å². The highest BCUT2D eigenvalue weighted by molar-refractivity contribution is 7.12. The Morgan fingerprint density at radius 1 is 1.59 bits per heavy atom. The second-order valence-electron chi connectivity index (χ2n) is 3.46. The summed E-state index contributed by atoms with van der Waals surface area (Å²) in [5, 5.41) is 13.5. The summed E-state index contributed by atoms with van der Waals surface area (Å²) in [5.74, 6) is 0.361. The molecule has 0 fully saturated rings. The van der Waals surface area contributed by atoms with Gasteiger partial charge in [-0.3, -0.25) is 4.79 Å². The second kappa shape index (κ2) is 7.26. The van der Waals surface area contributed by atoms with E-state index in [2.05, 4.69) is 5.32 Å². The molecule has 6 heteroatoms. The number of methoxy groups -OCH3 is 2. The summed E-state index contributed by atoms with van der Waals surface area (Å²) < 4.78 is 10.1. The number of ether oxygens (including phenoxy) is 2. The van der Waals surface area contributed by atoms with Crippen molar-refractivity contribution in [1.82, 2.24) is 5.32 Å². The van der Waals surface area contributed by atoms with E-state index in [1.807, 2.05) is 0 Å². The third kappa shape index (κ3) is 3.99. The molecule has 0 aliphatic heterocycles. The van der Waals surface area contributed by atoms with Crippen molar-refractivity contribution in [3.63, 3.8) is 0 Å². The summed E-state index contributed by atoms with van der Waals surface area (Å²) in [7, 11) is 3.08. The minimum absolute atomic E-state index is 0.00980. The van der Waals surface area contributed by atoms with E-state index in [0.717, 1.165) is 0 Å². The molecule has 0 aliphatic rings. The summed E-state index contributed by atoms with van der Waals surface area (Å²) >= 11 is 1.32. The van der Waals surface area contributed by atoms with Gasteiger partial charge in [0.1, 0.15) is 10.6 Å². The van der Waals surface area contributed by atoms with Crippen LogP contribution in [0.5, 0.6) is 5.75 Å². The molecule has 0 aromatic carbocycles. The van der Waals surface area contributed by atoms with E-state index in [0.29, 0.717) is 23.7 Å². The molecule has 0 saturated heterocycles. The van der Waals surface area contributed by atoms with E-state index in [4.69, 9.17) is 14.6 Å². The lowest BCUT2D eigenvalue weighted by Crippen LogP contribution is -2.38. The van der Waals surface area contributed by atoms with Crippen LogP contribution in [0.1, 0.15) is 16.1 Å². The number of thiophene rings is 1. The summed E-state index contributed by atoms with van der Waals surface area (Å²) in [6.07, 6.45) is 0.466. The van der Waals surface area contributed by atoms with Crippen LogP contribution in [0, 0.1) is 0 Å². The molecule has 1 amide bonds. The molecule has 0 aliphatic carbocycles. The van der Waals surface area contributed by atoms with Gasteiger partial charge in [-0.15, -0.1) is 11.3 Å². The lowest BCUT2D eigenvalue weighted by molar-refractivity contribution is 0.0880. The molecule has 1 atom stereocenters. The number of carbonyl (C=O) groups excluding carboxylic acids is 1. The first-order valence-electron chi connectivity index (χ1n) is 5.25. The van der Waals surface area contributed by atoms with Crippen LogP contribution in [-0.4, -0.2) is 44.5 Å².